The van der Waals surface area contributed by atoms with Crippen molar-refractivity contribution in [2.24, 2.45) is 0 Å². The van der Waals surface area contributed by atoms with Crippen molar-refractivity contribution in [3.63, 3.8) is 0 Å². The Bertz CT molecular complexity index is 493. The molecule has 0 radical (unpaired) electrons. The summed E-state index contributed by atoms with van der Waals surface area (Å²) >= 11 is 0. The highest BCUT2D eigenvalue weighted by molar-refractivity contribution is 5.59. The lowest BCUT2D eigenvalue weighted by molar-refractivity contribution is 0.559. The van der Waals surface area contributed by atoms with E-state index in [9.17, 15) is 4.39 Å². The summed E-state index contributed by atoms with van der Waals surface area (Å²) in [7, 11) is 0. The summed E-state index contributed by atoms with van der Waals surface area (Å²) in [4.78, 5) is 0. The molecular formula is C15H18FNO. The van der Waals surface area contributed by atoms with Gasteiger partial charge in [0.2, 0.25) is 0 Å². The van der Waals surface area contributed by atoms with E-state index < -0.39 is 0 Å². The molecule has 0 spiro atoms. The predicted molar refractivity (Wildman–Crippen MR) is 70.8 cm³/mol. The number of nitrogens with one attached hydrogen (secondary N) is 1. The van der Waals surface area contributed by atoms with E-state index in [1.807, 2.05) is 12.1 Å². The van der Waals surface area contributed by atoms with Crippen molar-refractivity contribution in [2.45, 2.75) is 26.3 Å². The van der Waals surface area contributed by atoms with Crippen LogP contribution in [0.15, 0.2) is 41.0 Å². The molecular weight excluding hydrogens is 229 g/mol. The van der Waals surface area contributed by atoms with Crippen molar-refractivity contribution in [1.29, 1.82) is 0 Å². The van der Waals surface area contributed by atoms with Crippen LogP contribution < -0.4 is 5.32 Å². The normalized spacial score (nSPS) is 12.6. The van der Waals surface area contributed by atoms with Gasteiger partial charge in [-0.15, -0.1) is 0 Å². The average Bonchev–Trinajstić information content (AvgIpc) is 2.90. The third kappa shape index (κ3) is 2.79. The van der Waals surface area contributed by atoms with Crippen LogP contribution in [0.3, 0.4) is 0 Å². The highest BCUT2D eigenvalue weighted by Crippen LogP contribution is 2.26. The monoisotopic (exact) mass is 247 g/mol. The molecule has 1 unspecified atom stereocenters. The van der Waals surface area contributed by atoms with E-state index in [1.165, 1.54) is 6.07 Å². The highest BCUT2D eigenvalue weighted by Gasteiger charge is 2.11. The van der Waals surface area contributed by atoms with E-state index in [4.69, 9.17) is 4.42 Å². The summed E-state index contributed by atoms with van der Waals surface area (Å²) in [5, 5.41) is 3.39. The van der Waals surface area contributed by atoms with Crippen LogP contribution in [0.4, 0.5) is 4.39 Å². The molecule has 2 aromatic rings. The summed E-state index contributed by atoms with van der Waals surface area (Å²) < 4.78 is 19.0. The van der Waals surface area contributed by atoms with E-state index in [0.717, 1.165) is 18.5 Å². The van der Waals surface area contributed by atoms with Crippen molar-refractivity contribution in [3.05, 3.63) is 48.0 Å². The number of rotatable bonds is 5. The molecule has 3 heteroatoms. The van der Waals surface area contributed by atoms with E-state index >= 15 is 0 Å². The third-order valence-corrected chi connectivity index (χ3v) is 2.98. The largest absolute Gasteiger partial charge is 0.464 e. The second-order valence-corrected chi connectivity index (χ2v) is 4.39. The van der Waals surface area contributed by atoms with Crippen LogP contribution in [0.2, 0.25) is 0 Å². The Kier molecular flexibility index (Phi) is 4.15. The van der Waals surface area contributed by atoms with Crippen molar-refractivity contribution in [2.75, 3.05) is 6.54 Å². The quantitative estimate of drug-likeness (QED) is 0.858. The third-order valence-electron chi connectivity index (χ3n) is 2.98. The SMILES string of the molecule is CCCNC(C)c1ccc(F)c(-c2ccco2)c1. The molecule has 1 aromatic heterocycles. The van der Waals surface area contributed by atoms with Crippen LogP contribution >= 0.6 is 0 Å². The van der Waals surface area contributed by atoms with Gasteiger partial charge < -0.3 is 9.73 Å². The summed E-state index contributed by atoms with van der Waals surface area (Å²) in [5.74, 6) is 0.313. The lowest BCUT2D eigenvalue weighted by atomic mass is 10.0. The van der Waals surface area contributed by atoms with Gasteiger partial charge in [0, 0.05) is 6.04 Å². The van der Waals surface area contributed by atoms with E-state index in [2.05, 4.69) is 19.2 Å². The minimum Gasteiger partial charge on any atom is -0.464 e. The predicted octanol–water partition coefficient (Wildman–Crippen LogP) is 4.15. The minimum absolute atomic E-state index is 0.208. The molecule has 0 fully saturated rings. The van der Waals surface area contributed by atoms with Crippen LogP contribution in [-0.4, -0.2) is 6.54 Å². The molecule has 1 N–H and O–H groups in total. The number of furan rings is 1. The maximum absolute atomic E-state index is 13.8. The van der Waals surface area contributed by atoms with Crippen molar-refractivity contribution >= 4 is 0 Å². The van der Waals surface area contributed by atoms with E-state index in [1.54, 1.807) is 18.4 Å². The summed E-state index contributed by atoms with van der Waals surface area (Å²) in [6.07, 6.45) is 2.64. The van der Waals surface area contributed by atoms with Crippen molar-refractivity contribution in [1.82, 2.24) is 5.32 Å². The zero-order chi connectivity index (χ0) is 13.0. The van der Waals surface area contributed by atoms with Gasteiger partial charge in [-0.2, -0.15) is 0 Å². The zero-order valence-electron chi connectivity index (χ0n) is 10.7. The Hall–Kier alpha value is -1.61. The molecule has 1 heterocycles. The van der Waals surface area contributed by atoms with Gasteiger partial charge in [-0.3, -0.25) is 0 Å². The molecule has 1 atom stereocenters. The maximum Gasteiger partial charge on any atom is 0.136 e. The van der Waals surface area contributed by atoms with Crippen LogP contribution in [0.25, 0.3) is 11.3 Å². The van der Waals surface area contributed by atoms with Gasteiger partial charge in [0.05, 0.1) is 11.8 Å². The topological polar surface area (TPSA) is 25.2 Å². The Morgan fingerprint density at radius 3 is 2.83 bits per heavy atom. The van der Waals surface area contributed by atoms with Gasteiger partial charge in [-0.05, 0) is 49.7 Å². The first-order valence-electron chi connectivity index (χ1n) is 6.29. The van der Waals surface area contributed by atoms with Gasteiger partial charge >= 0.3 is 0 Å². The fraction of sp³-hybridized carbons (Fsp3) is 0.333. The number of halogens is 1. The second kappa shape index (κ2) is 5.83. The maximum atomic E-state index is 13.8. The Balaban J connectivity index is 2.26. The Labute approximate surface area is 107 Å². The van der Waals surface area contributed by atoms with Crippen LogP contribution in [0.1, 0.15) is 31.9 Å². The van der Waals surface area contributed by atoms with Gasteiger partial charge in [0.1, 0.15) is 11.6 Å². The van der Waals surface area contributed by atoms with Gasteiger partial charge in [0.25, 0.3) is 0 Å². The average molecular weight is 247 g/mol. The first-order valence-corrected chi connectivity index (χ1v) is 6.29. The smallest absolute Gasteiger partial charge is 0.136 e. The van der Waals surface area contributed by atoms with E-state index in [-0.39, 0.29) is 11.9 Å². The van der Waals surface area contributed by atoms with Crippen LogP contribution in [0, 0.1) is 5.82 Å². The second-order valence-electron chi connectivity index (χ2n) is 4.39. The van der Waals surface area contributed by atoms with Gasteiger partial charge in [-0.1, -0.05) is 13.0 Å². The summed E-state index contributed by atoms with van der Waals surface area (Å²) in [6, 6.07) is 8.90. The molecule has 18 heavy (non-hydrogen) atoms. The molecule has 0 aliphatic heterocycles. The lowest BCUT2D eigenvalue weighted by Gasteiger charge is -2.14. The summed E-state index contributed by atoms with van der Waals surface area (Å²) in [5.41, 5.74) is 1.58. The van der Waals surface area contributed by atoms with Gasteiger partial charge in [0.15, 0.2) is 0 Å². The number of hydrogen-bond donors (Lipinski definition) is 1. The molecule has 0 aliphatic carbocycles. The molecule has 0 aliphatic rings. The first-order chi connectivity index (χ1) is 8.72. The molecule has 96 valence electrons. The van der Waals surface area contributed by atoms with Crippen LogP contribution in [-0.2, 0) is 0 Å². The lowest BCUT2D eigenvalue weighted by Crippen LogP contribution is -2.19. The van der Waals surface area contributed by atoms with Crippen molar-refractivity contribution < 1.29 is 8.81 Å². The van der Waals surface area contributed by atoms with Crippen LogP contribution in [0.5, 0.6) is 0 Å². The Morgan fingerprint density at radius 2 is 2.17 bits per heavy atom. The van der Waals surface area contributed by atoms with E-state index in [0.29, 0.717) is 11.3 Å². The molecule has 0 saturated carbocycles. The molecule has 1 aromatic carbocycles. The molecule has 2 rings (SSSR count). The molecule has 2 nitrogen and oxygen atoms in total. The first kappa shape index (κ1) is 12.8. The molecule has 0 saturated heterocycles. The summed E-state index contributed by atoms with van der Waals surface area (Å²) in [6.45, 7) is 5.15. The highest BCUT2D eigenvalue weighted by atomic mass is 19.1. The molecule has 0 amide bonds. The van der Waals surface area contributed by atoms with Gasteiger partial charge in [-0.25, -0.2) is 4.39 Å². The number of hydrogen-bond acceptors (Lipinski definition) is 2. The fourth-order valence-electron chi connectivity index (χ4n) is 1.91. The zero-order valence-corrected chi connectivity index (χ0v) is 10.7. The Morgan fingerprint density at radius 1 is 1.33 bits per heavy atom. The molecule has 0 bridgehead atoms. The standard InChI is InChI=1S/C15H18FNO/c1-3-8-17-11(2)12-6-7-14(16)13(10-12)15-5-4-9-18-15/h4-7,9-11,17H,3,8H2,1-2H3. The number of benzene rings is 1. The minimum atomic E-state index is -0.253. The fourth-order valence-corrected chi connectivity index (χ4v) is 1.91. The van der Waals surface area contributed by atoms with Crippen molar-refractivity contribution in [3.8, 4) is 11.3 Å².